The standard InChI is InChI=1S/C4H8INOS/c1-3-2-4(5)8(7)6-3/h3-4,6H,2H2,1H3. The number of hydrogen-bond donors (Lipinski definition) is 1. The van der Waals surface area contributed by atoms with Crippen molar-refractivity contribution in [2.45, 2.75) is 22.6 Å². The predicted octanol–water partition coefficient (Wildman–Crippen LogP) is 0.793. The molecule has 2 nitrogen and oxygen atoms in total. The summed E-state index contributed by atoms with van der Waals surface area (Å²) >= 11 is 1.45. The molecule has 0 aromatic carbocycles. The van der Waals surface area contributed by atoms with Gasteiger partial charge in [-0.15, -0.1) is 4.72 Å². The lowest BCUT2D eigenvalue weighted by Crippen LogP contribution is -2.23. The Labute approximate surface area is 65.9 Å². The van der Waals surface area contributed by atoms with Crippen LogP contribution in [0.4, 0.5) is 0 Å². The van der Waals surface area contributed by atoms with E-state index in [1.165, 1.54) is 0 Å². The normalized spacial score (nSPS) is 47.6. The van der Waals surface area contributed by atoms with Crippen molar-refractivity contribution in [2.75, 3.05) is 0 Å². The molecule has 48 valence electrons. The van der Waals surface area contributed by atoms with Gasteiger partial charge in [-0.05, 0) is 29.5 Å². The van der Waals surface area contributed by atoms with Gasteiger partial charge in [-0.25, -0.2) is 0 Å². The van der Waals surface area contributed by atoms with Crippen molar-refractivity contribution < 1.29 is 4.55 Å². The van der Waals surface area contributed by atoms with Gasteiger partial charge in [-0.3, -0.25) is 0 Å². The van der Waals surface area contributed by atoms with E-state index in [2.05, 4.69) is 34.2 Å². The van der Waals surface area contributed by atoms with Gasteiger partial charge in [-0.2, -0.15) is 0 Å². The first kappa shape index (κ1) is 7.11. The highest BCUT2D eigenvalue weighted by Crippen LogP contribution is 2.21. The molecule has 0 radical (unpaired) electrons. The molecule has 1 fully saturated rings. The van der Waals surface area contributed by atoms with E-state index in [-0.39, 0.29) is 0 Å². The maximum absolute atomic E-state index is 10.8. The molecule has 0 bridgehead atoms. The van der Waals surface area contributed by atoms with Gasteiger partial charge in [-0.1, -0.05) is 0 Å². The molecule has 0 aromatic rings. The van der Waals surface area contributed by atoms with Gasteiger partial charge < -0.3 is 4.55 Å². The molecule has 1 heterocycles. The van der Waals surface area contributed by atoms with Crippen molar-refractivity contribution >= 4 is 34.0 Å². The molecule has 0 saturated carbocycles. The molecule has 0 aromatic heterocycles. The zero-order valence-electron chi connectivity index (χ0n) is 4.56. The lowest BCUT2D eigenvalue weighted by atomic mass is 10.3. The van der Waals surface area contributed by atoms with Crippen LogP contribution in [0.5, 0.6) is 0 Å². The quantitative estimate of drug-likeness (QED) is 0.389. The highest BCUT2D eigenvalue weighted by molar-refractivity contribution is 14.1. The van der Waals surface area contributed by atoms with Crippen molar-refractivity contribution in [1.82, 2.24) is 4.72 Å². The second kappa shape index (κ2) is 2.72. The van der Waals surface area contributed by atoms with Gasteiger partial charge in [0, 0.05) is 6.42 Å². The molecule has 8 heavy (non-hydrogen) atoms. The molecule has 0 amide bonds. The fourth-order valence-electron chi connectivity index (χ4n) is 0.686. The highest BCUT2D eigenvalue weighted by atomic mass is 127. The Morgan fingerprint density at radius 2 is 2.50 bits per heavy atom. The van der Waals surface area contributed by atoms with E-state index in [4.69, 9.17) is 0 Å². The molecule has 0 spiro atoms. The van der Waals surface area contributed by atoms with Crippen molar-refractivity contribution in [3.8, 4) is 0 Å². The summed E-state index contributed by atoms with van der Waals surface area (Å²) < 4.78 is 14.0. The van der Waals surface area contributed by atoms with Gasteiger partial charge in [0.15, 0.2) is 3.26 Å². The van der Waals surface area contributed by atoms with E-state index in [9.17, 15) is 4.55 Å². The number of hydrogen-bond acceptors (Lipinski definition) is 2. The van der Waals surface area contributed by atoms with Crippen molar-refractivity contribution in [1.29, 1.82) is 0 Å². The van der Waals surface area contributed by atoms with E-state index in [0.717, 1.165) is 6.42 Å². The Morgan fingerprint density at radius 1 is 1.88 bits per heavy atom. The third-order valence-corrected chi connectivity index (χ3v) is 4.27. The fourth-order valence-corrected chi connectivity index (χ4v) is 2.99. The van der Waals surface area contributed by atoms with E-state index in [0.29, 0.717) is 9.30 Å². The summed E-state index contributed by atoms with van der Waals surface area (Å²) in [6.07, 6.45) is 1.03. The molecule has 1 saturated heterocycles. The lowest BCUT2D eigenvalue weighted by molar-refractivity contribution is 0.586. The third kappa shape index (κ3) is 1.49. The predicted molar refractivity (Wildman–Crippen MR) is 43.2 cm³/mol. The van der Waals surface area contributed by atoms with Crippen LogP contribution in [0, 0.1) is 0 Å². The summed E-state index contributed by atoms with van der Waals surface area (Å²) in [7, 11) is 0. The zero-order valence-corrected chi connectivity index (χ0v) is 7.53. The molecule has 3 unspecified atom stereocenters. The first-order valence-corrected chi connectivity index (χ1v) is 4.97. The van der Waals surface area contributed by atoms with E-state index < -0.39 is 11.4 Å². The van der Waals surface area contributed by atoms with Crippen LogP contribution in [0.15, 0.2) is 0 Å². The van der Waals surface area contributed by atoms with E-state index in [1.54, 1.807) is 0 Å². The van der Waals surface area contributed by atoms with Crippen LogP contribution in [-0.2, 0) is 11.4 Å². The van der Waals surface area contributed by atoms with Crippen molar-refractivity contribution in [3.05, 3.63) is 0 Å². The zero-order chi connectivity index (χ0) is 6.15. The largest absolute Gasteiger partial charge is 0.597 e. The van der Waals surface area contributed by atoms with Gasteiger partial charge >= 0.3 is 0 Å². The maximum Gasteiger partial charge on any atom is 0.186 e. The van der Waals surface area contributed by atoms with Crippen molar-refractivity contribution in [3.63, 3.8) is 0 Å². The molecular weight excluding hydrogens is 237 g/mol. The minimum atomic E-state index is -0.761. The summed E-state index contributed by atoms with van der Waals surface area (Å²) in [5, 5.41) is 0. The first-order valence-electron chi connectivity index (χ1n) is 2.51. The average molecular weight is 245 g/mol. The summed E-state index contributed by atoms with van der Waals surface area (Å²) in [4.78, 5) is 0. The molecule has 1 rings (SSSR count). The Morgan fingerprint density at radius 3 is 2.62 bits per heavy atom. The van der Waals surface area contributed by atoms with Crippen LogP contribution in [-0.4, -0.2) is 13.9 Å². The molecule has 0 aliphatic carbocycles. The number of nitrogens with one attached hydrogen (secondary N) is 1. The first-order chi connectivity index (χ1) is 3.70. The lowest BCUT2D eigenvalue weighted by Gasteiger charge is -2.03. The van der Waals surface area contributed by atoms with Crippen LogP contribution in [0.2, 0.25) is 0 Å². The van der Waals surface area contributed by atoms with Gasteiger partial charge in [0.2, 0.25) is 0 Å². The van der Waals surface area contributed by atoms with Crippen molar-refractivity contribution in [2.24, 2.45) is 0 Å². The SMILES string of the molecule is CC1CC(I)[S+]([O-])N1. The fraction of sp³-hybridized carbons (Fsp3) is 1.00. The Hall–Kier alpha value is 1.00. The van der Waals surface area contributed by atoms with Gasteiger partial charge in [0.1, 0.15) is 0 Å². The maximum atomic E-state index is 10.8. The monoisotopic (exact) mass is 245 g/mol. The van der Waals surface area contributed by atoms with Crippen LogP contribution >= 0.6 is 22.6 Å². The van der Waals surface area contributed by atoms with Crippen LogP contribution in [0.1, 0.15) is 13.3 Å². The Bertz CT molecular complexity index is 82.1. The van der Waals surface area contributed by atoms with Crippen LogP contribution in [0.25, 0.3) is 0 Å². The van der Waals surface area contributed by atoms with Crippen LogP contribution < -0.4 is 4.72 Å². The number of halogens is 1. The number of rotatable bonds is 0. The third-order valence-electron chi connectivity index (χ3n) is 1.09. The highest BCUT2D eigenvalue weighted by Gasteiger charge is 2.31. The Kier molecular flexibility index (Phi) is 2.42. The second-order valence-corrected chi connectivity index (χ2v) is 5.71. The van der Waals surface area contributed by atoms with E-state index >= 15 is 0 Å². The second-order valence-electron chi connectivity index (χ2n) is 1.96. The van der Waals surface area contributed by atoms with Gasteiger partial charge in [0.05, 0.1) is 17.4 Å². The summed E-state index contributed by atoms with van der Waals surface area (Å²) in [6.45, 7) is 2.05. The van der Waals surface area contributed by atoms with Gasteiger partial charge in [0.25, 0.3) is 0 Å². The minimum Gasteiger partial charge on any atom is -0.597 e. The summed E-state index contributed by atoms with van der Waals surface area (Å²) in [5.74, 6) is 0. The molecule has 3 atom stereocenters. The average Bonchev–Trinajstić information content (AvgIpc) is 1.85. The minimum absolute atomic E-state index is 0.322. The summed E-state index contributed by atoms with van der Waals surface area (Å²) in [6, 6.07) is 0.442. The van der Waals surface area contributed by atoms with Crippen LogP contribution in [0.3, 0.4) is 0 Å². The molecule has 1 aliphatic rings. The topological polar surface area (TPSA) is 35.1 Å². The summed E-state index contributed by atoms with van der Waals surface area (Å²) in [5.41, 5.74) is 0. The molecule has 1 aliphatic heterocycles. The number of alkyl halides is 1. The molecule has 4 heteroatoms. The smallest absolute Gasteiger partial charge is 0.186 e. The van der Waals surface area contributed by atoms with E-state index in [1.807, 2.05) is 0 Å². The Balaban J connectivity index is 2.39. The molecule has 1 N–H and O–H groups in total. The molecular formula is C4H8INOS.